The zero-order valence-electron chi connectivity index (χ0n) is 17.9. The molecule has 7 nitrogen and oxygen atoms in total. The van der Waals surface area contributed by atoms with Gasteiger partial charge < -0.3 is 14.7 Å². The zero-order valence-corrected chi connectivity index (χ0v) is 17.9. The van der Waals surface area contributed by atoms with Gasteiger partial charge in [0.25, 0.3) is 0 Å². The van der Waals surface area contributed by atoms with Crippen LogP contribution in [-0.2, 0) is 6.18 Å². The fourth-order valence-corrected chi connectivity index (χ4v) is 5.12. The van der Waals surface area contributed by atoms with Crippen molar-refractivity contribution in [2.75, 3.05) is 11.5 Å². The summed E-state index contributed by atoms with van der Waals surface area (Å²) in [5.74, 6) is 0.622. The smallest absolute Gasteiger partial charge is 0.417 e. The first-order chi connectivity index (χ1) is 16.4. The molecular formula is C24H21F3N4O3. The van der Waals surface area contributed by atoms with Crippen molar-refractivity contribution in [1.82, 2.24) is 15.0 Å². The van der Waals surface area contributed by atoms with Gasteiger partial charge in [-0.1, -0.05) is 12.1 Å². The molecule has 2 aliphatic rings. The highest BCUT2D eigenvalue weighted by molar-refractivity contribution is 5.94. The van der Waals surface area contributed by atoms with Crippen molar-refractivity contribution < 1.29 is 27.8 Å². The van der Waals surface area contributed by atoms with Crippen LogP contribution in [0.3, 0.4) is 0 Å². The fourth-order valence-electron chi connectivity index (χ4n) is 5.12. The monoisotopic (exact) mass is 470 g/mol. The third-order valence-corrected chi connectivity index (χ3v) is 6.58. The summed E-state index contributed by atoms with van der Waals surface area (Å²) in [6.45, 7) is -0.100. The lowest BCUT2D eigenvalue weighted by molar-refractivity contribution is -0.137. The summed E-state index contributed by atoms with van der Waals surface area (Å²) in [6.07, 6.45) is 1.24. The van der Waals surface area contributed by atoms with E-state index < -0.39 is 11.7 Å². The molecule has 0 amide bonds. The van der Waals surface area contributed by atoms with Gasteiger partial charge >= 0.3 is 6.18 Å². The number of benzene rings is 1. The van der Waals surface area contributed by atoms with Gasteiger partial charge in [-0.3, -0.25) is 4.79 Å². The highest BCUT2D eigenvalue weighted by Crippen LogP contribution is 2.47. The van der Waals surface area contributed by atoms with Crippen LogP contribution in [0.1, 0.15) is 28.8 Å². The number of fused-ring (bicyclic) bond motifs is 2. The summed E-state index contributed by atoms with van der Waals surface area (Å²) in [5, 5.41) is 10.1. The molecule has 176 valence electrons. The van der Waals surface area contributed by atoms with E-state index in [9.17, 15) is 23.1 Å². The SMILES string of the molecule is O=Cc1c(-c2ncccn2)cccc1N1[C@H](CO)[C@H]2C[C@@H](Oc3ccc(C(F)(F)F)cn3)[C@@H]1C2. The Morgan fingerprint density at radius 3 is 2.53 bits per heavy atom. The predicted molar refractivity (Wildman–Crippen MR) is 116 cm³/mol. The van der Waals surface area contributed by atoms with E-state index in [1.54, 1.807) is 24.5 Å². The van der Waals surface area contributed by atoms with Crippen molar-refractivity contribution in [2.45, 2.75) is 37.2 Å². The van der Waals surface area contributed by atoms with E-state index in [4.69, 9.17) is 4.74 Å². The minimum Gasteiger partial charge on any atom is -0.472 e. The lowest BCUT2D eigenvalue weighted by Crippen LogP contribution is -2.51. The third kappa shape index (κ3) is 3.87. The van der Waals surface area contributed by atoms with E-state index in [0.717, 1.165) is 25.0 Å². The average molecular weight is 470 g/mol. The highest BCUT2D eigenvalue weighted by Gasteiger charge is 2.53. The minimum absolute atomic E-state index is 0.100. The Morgan fingerprint density at radius 2 is 1.88 bits per heavy atom. The van der Waals surface area contributed by atoms with Crippen molar-refractivity contribution in [3.05, 3.63) is 66.1 Å². The van der Waals surface area contributed by atoms with Crippen LogP contribution in [0.5, 0.6) is 5.88 Å². The number of aromatic nitrogens is 3. The molecular weight excluding hydrogens is 449 g/mol. The molecule has 1 aliphatic heterocycles. The standard InChI is InChI=1S/C24H21F3N4O3/c25-24(26,27)15-5-6-22(30-11-15)34-21-10-14-9-19(21)31(20(14)13-33)18-4-1-3-16(17(18)12-32)23-28-7-2-8-29-23/h1-8,11-12,14,19-21,33H,9-10,13H2/t14-,19+,20-,21-/m1/s1. The molecule has 1 aromatic carbocycles. The Morgan fingerprint density at radius 1 is 1.09 bits per heavy atom. The van der Waals surface area contributed by atoms with Crippen LogP contribution in [0.25, 0.3) is 11.4 Å². The number of carbonyl (C=O) groups excluding carboxylic acids is 1. The van der Waals surface area contributed by atoms with Gasteiger partial charge in [0.05, 0.1) is 24.3 Å². The average Bonchev–Trinajstić information content (AvgIpc) is 3.41. The Labute approximate surface area is 193 Å². The Bertz CT molecular complexity index is 1170. The number of hydrogen-bond acceptors (Lipinski definition) is 7. The van der Waals surface area contributed by atoms with Gasteiger partial charge in [-0.05, 0) is 37.0 Å². The quantitative estimate of drug-likeness (QED) is 0.549. The minimum atomic E-state index is -4.47. The van der Waals surface area contributed by atoms with Crippen LogP contribution < -0.4 is 9.64 Å². The third-order valence-electron chi connectivity index (χ3n) is 6.58. The molecule has 0 spiro atoms. The largest absolute Gasteiger partial charge is 0.472 e. The molecule has 0 unspecified atom stereocenters. The van der Waals surface area contributed by atoms with Crippen LogP contribution in [0, 0.1) is 5.92 Å². The van der Waals surface area contributed by atoms with Gasteiger partial charge in [0.2, 0.25) is 5.88 Å². The summed E-state index contributed by atoms with van der Waals surface area (Å²) < 4.78 is 44.5. The van der Waals surface area contributed by atoms with Crippen molar-refractivity contribution in [1.29, 1.82) is 0 Å². The van der Waals surface area contributed by atoms with Gasteiger partial charge in [-0.2, -0.15) is 13.2 Å². The number of aliphatic hydroxyl groups excluding tert-OH is 1. The molecule has 34 heavy (non-hydrogen) atoms. The first-order valence-corrected chi connectivity index (χ1v) is 10.9. The number of pyridine rings is 1. The number of rotatable bonds is 6. The van der Waals surface area contributed by atoms with Crippen LogP contribution in [-0.4, -0.2) is 51.1 Å². The molecule has 4 atom stereocenters. The molecule has 1 saturated carbocycles. The number of anilines is 1. The second-order valence-corrected chi connectivity index (χ2v) is 8.42. The number of hydrogen-bond donors (Lipinski definition) is 1. The van der Waals surface area contributed by atoms with Crippen molar-refractivity contribution in [3.63, 3.8) is 0 Å². The van der Waals surface area contributed by atoms with Crippen LogP contribution in [0.4, 0.5) is 18.9 Å². The molecule has 2 fully saturated rings. The lowest BCUT2D eigenvalue weighted by Gasteiger charge is -2.40. The van der Waals surface area contributed by atoms with Gasteiger partial charge in [0.15, 0.2) is 12.1 Å². The number of carbonyl (C=O) groups is 1. The molecule has 2 aromatic heterocycles. The zero-order chi connectivity index (χ0) is 23.9. The van der Waals surface area contributed by atoms with Gasteiger partial charge in [-0.15, -0.1) is 0 Å². The molecule has 3 aromatic rings. The number of halogens is 3. The Kier molecular flexibility index (Phi) is 5.68. The van der Waals surface area contributed by atoms with Crippen LogP contribution in [0.2, 0.25) is 0 Å². The van der Waals surface area contributed by atoms with E-state index in [0.29, 0.717) is 29.1 Å². The first kappa shape index (κ1) is 22.3. The second-order valence-electron chi connectivity index (χ2n) is 8.42. The summed E-state index contributed by atoms with van der Waals surface area (Å²) in [4.78, 5) is 26.5. The number of alkyl halides is 3. The summed E-state index contributed by atoms with van der Waals surface area (Å²) in [6, 6.07) is 8.84. The molecule has 1 saturated heterocycles. The Hall–Kier alpha value is -3.53. The molecule has 2 bridgehead atoms. The van der Waals surface area contributed by atoms with E-state index >= 15 is 0 Å². The molecule has 5 rings (SSSR count). The summed E-state index contributed by atoms with van der Waals surface area (Å²) >= 11 is 0. The second kappa shape index (κ2) is 8.68. The van der Waals surface area contributed by atoms with Crippen LogP contribution >= 0.6 is 0 Å². The fraction of sp³-hybridized carbons (Fsp3) is 0.333. The molecule has 0 radical (unpaired) electrons. The van der Waals surface area contributed by atoms with Gasteiger partial charge in [0, 0.05) is 41.5 Å². The number of nitrogens with zero attached hydrogens (tertiary/aromatic N) is 4. The predicted octanol–water partition coefficient (Wildman–Crippen LogP) is 3.78. The van der Waals surface area contributed by atoms with E-state index in [1.807, 2.05) is 17.0 Å². The Balaban J connectivity index is 1.46. The maximum Gasteiger partial charge on any atom is 0.417 e. The van der Waals surface area contributed by atoms with Crippen molar-refractivity contribution in [3.8, 4) is 17.3 Å². The van der Waals surface area contributed by atoms with E-state index in [2.05, 4.69) is 15.0 Å². The van der Waals surface area contributed by atoms with Gasteiger partial charge in [-0.25, -0.2) is 15.0 Å². The van der Waals surface area contributed by atoms with E-state index in [1.165, 1.54) is 6.07 Å². The summed E-state index contributed by atoms with van der Waals surface area (Å²) in [7, 11) is 0. The maximum absolute atomic E-state index is 12.8. The lowest BCUT2D eigenvalue weighted by atomic mass is 9.95. The first-order valence-electron chi connectivity index (χ1n) is 10.9. The topological polar surface area (TPSA) is 88.4 Å². The van der Waals surface area contributed by atoms with Crippen LogP contribution in [0.15, 0.2) is 55.0 Å². The van der Waals surface area contributed by atoms with Crippen molar-refractivity contribution in [2.24, 2.45) is 5.92 Å². The number of aldehydes is 1. The molecule has 3 heterocycles. The molecule has 10 heteroatoms. The highest BCUT2D eigenvalue weighted by atomic mass is 19.4. The van der Waals surface area contributed by atoms with Gasteiger partial charge in [0.1, 0.15) is 6.10 Å². The normalized spacial score (nSPS) is 23.8. The number of aliphatic hydroxyl groups is 1. The summed E-state index contributed by atoms with van der Waals surface area (Å²) in [5.41, 5.74) is 0.783. The molecule has 1 aliphatic carbocycles. The van der Waals surface area contributed by atoms with Crippen molar-refractivity contribution >= 4 is 12.0 Å². The number of ether oxygens (including phenoxy) is 1. The maximum atomic E-state index is 12.8. The number of piperidine rings is 1. The molecule has 1 N–H and O–H groups in total. The van der Waals surface area contributed by atoms with E-state index in [-0.39, 0.29) is 36.6 Å².